The summed E-state index contributed by atoms with van der Waals surface area (Å²) in [5.41, 5.74) is 6.04. The van der Waals surface area contributed by atoms with Crippen molar-refractivity contribution in [2.45, 2.75) is 24.7 Å². The van der Waals surface area contributed by atoms with E-state index in [0.29, 0.717) is 11.4 Å². The Balaban J connectivity index is 1.48. The largest absolute Gasteiger partial charge is 0.497 e. The van der Waals surface area contributed by atoms with Crippen LogP contribution in [0.15, 0.2) is 102 Å². The van der Waals surface area contributed by atoms with E-state index in [4.69, 9.17) is 9.73 Å². The zero-order valence-electron chi connectivity index (χ0n) is 21.9. The molecule has 2 bridgehead atoms. The number of para-hydroxylation sites is 1. The molecule has 4 aromatic rings. The van der Waals surface area contributed by atoms with E-state index in [1.54, 1.807) is 31.4 Å². The summed E-state index contributed by atoms with van der Waals surface area (Å²) in [6.45, 7) is 2.12. The summed E-state index contributed by atoms with van der Waals surface area (Å²) in [5, 5.41) is 0. The highest BCUT2D eigenvalue weighted by Gasteiger charge is 2.67. The average Bonchev–Trinajstić information content (AvgIpc) is 3.26. The summed E-state index contributed by atoms with van der Waals surface area (Å²) < 4.78 is 5.31. The summed E-state index contributed by atoms with van der Waals surface area (Å²) >= 11 is 0. The summed E-state index contributed by atoms with van der Waals surface area (Å²) in [4.78, 5) is 35.2. The third-order valence-corrected chi connectivity index (χ3v) is 8.79. The number of hydrogen-bond donors (Lipinski definition) is 0. The van der Waals surface area contributed by atoms with Crippen LogP contribution in [0.3, 0.4) is 0 Å². The van der Waals surface area contributed by atoms with Crippen molar-refractivity contribution in [2.24, 2.45) is 16.8 Å². The lowest BCUT2D eigenvalue weighted by molar-refractivity contribution is -0.122. The number of methoxy groups -OCH3 is 1. The van der Waals surface area contributed by atoms with Crippen LogP contribution in [0.25, 0.3) is 0 Å². The SMILES string of the molecule is CCc1ccccc1N=CC12c3ccccc3C(c3ccccc31)[C@H]1C(=O)N(c3ccc(OC)cc3)C(=O)[C@H]12. The number of nitrogens with zero attached hydrogens (tertiary/aromatic N) is 2. The molecule has 39 heavy (non-hydrogen) atoms. The van der Waals surface area contributed by atoms with Gasteiger partial charge in [0.1, 0.15) is 5.75 Å². The Labute approximate surface area is 227 Å². The number of aliphatic imine (C=N–C) groups is 1. The summed E-state index contributed by atoms with van der Waals surface area (Å²) in [7, 11) is 1.60. The monoisotopic (exact) mass is 512 g/mol. The third kappa shape index (κ3) is 3.16. The van der Waals surface area contributed by atoms with Gasteiger partial charge in [-0.1, -0.05) is 73.7 Å². The highest BCUT2D eigenvalue weighted by molar-refractivity contribution is 6.25. The van der Waals surface area contributed by atoms with Crippen LogP contribution < -0.4 is 9.64 Å². The van der Waals surface area contributed by atoms with Gasteiger partial charge in [-0.15, -0.1) is 0 Å². The first-order valence-electron chi connectivity index (χ1n) is 13.4. The number of aryl methyl sites for hydroxylation is 1. The Hall–Kier alpha value is -4.51. The number of carbonyl (C=O) groups excluding carboxylic acids is 2. The Morgan fingerprint density at radius 2 is 1.44 bits per heavy atom. The first-order valence-corrected chi connectivity index (χ1v) is 13.4. The fraction of sp³-hybridized carbons (Fsp3) is 0.206. The van der Waals surface area contributed by atoms with Crippen molar-refractivity contribution in [3.05, 3.63) is 125 Å². The Bertz CT molecular complexity index is 1610. The van der Waals surface area contributed by atoms with Crippen LogP contribution in [-0.4, -0.2) is 25.1 Å². The van der Waals surface area contributed by atoms with Crippen molar-refractivity contribution >= 4 is 29.4 Å². The average molecular weight is 513 g/mol. The molecule has 1 aliphatic heterocycles. The number of ether oxygens (including phenoxy) is 1. The fourth-order valence-corrected chi connectivity index (χ4v) is 7.14. The van der Waals surface area contributed by atoms with Gasteiger partial charge in [0.15, 0.2) is 0 Å². The molecule has 192 valence electrons. The molecule has 1 heterocycles. The zero-order chi connectivity index (χ0) is 26.7. The molecule has 0 radical (unpaired) electrons. The van der Waals surface area contributed by atoms with Crippen LogP contribution in [0.4, 0.5) is 11.4 Å². The normalized spacial score (nSPS) is 24.6. The van der Waals surface area contributed by atoms with Crippen LogP contribution in [0, 0.1) is 11.8 Å². The topological polar surface area (TPSA) is 59.0 Å². The summed E-state index contributed by atoms with van der Waals surface area (Å²) in [6.07, 6.45) is 2.82. The zero-order valence-corrected chi connectivity index (χ0v) is 21.9. The smallest absolute Gasteiger partial charge is 0.239 e. The quantitative estimate of drug-likeness (QED) is 0.236. The highest BCUT2D eigenvalue weighted by Crippen LogP contribution is 2.63. The van der Waals surface area contributed by atoms with Gasteiger partial charge in [-0.25, -0.2) is 4.90 Å². The van der Waals surface area contributed by atoms with Crippen LogP contribution in [0.2, 0.25) is 0 Å². The van der Waals surface area contributed by atoms with E-state index in [9.17, 15) is 9.59 Å². The molecule has 1 saturated heterocycles. The Kier molecular flexibility index (Phi) is 5.31. The van der Waals surface area contributed by atoms with E-state index < -0.39 is 17.3 Å². The van der Waals surface area contributed by atoms with Gasteiger partial charge in [0.25, 0.3) is 0 Å². The van der Waals surface area contributed by atoms with Gasteiger partial charge < -0.3 is 4.74 Å². The van der Waals surface area contributed by atoms with Crippen LogP contribution >= 0.6 is 0 Å². The molecule has 2 amide bonds. The van der Waals surface area contributed by atoms with E-state index >= 15 is 0 Å². The Morgan fingerprint density at radius 1 is 0.821 bits per heavy atom. The minimum atomic E-state index is -0.874. The van der Waals surface area contributed by atoms with Gasteiger partial charge >= 0.3 is 0 Å². The predicted octanol–water partition coefficient (Wildman–Crippen LogP) is 6.21. The molecule has 5 heteroatoms. The van der Waals surface area contributed by atoms with Crippen molar-refractivity contribution in [1.29, 1.82) is 0 Å². The predicted molar refractivity (Wildman–Crippen MR) is 152 cm³/mol. The van der Waals surface area contributed by atoms with E-state index in [1.165, 1.54) is 4.90 Å². The van der Waals surface area contributed by atoms with E-state index in [-0.39, 0.29) is 17.7 Å². The maximum absolute atomic E-state index is 14.5. The molecule has 0 spiro atoms. The highest BCUT2D eigenvalue weighted by atomic mass is 16.5. The first-order chi connectivity index (χ1) is 19.1. The number of hydrogen-bond acceptors (Lipinski definition) is 4. The fourth-order valence-electron chi connectivity index (χ4n) is 7.14. The number of imide groups is 1. The van der Waals surface area contributed by atoms with E-state index in [2.05, 4.69) is 37.3 Å². The van der Waals surface area contributed by atoms with Crippen molar-refractivity contribution in [3.8, 4) is 5.75 Å². The number of carbonyl (C=O) groups is 2. The molecular weight excluding hydrogens is 484 g/mol. The number of amides is 2. The third-order valence-electron chi connectivity index (χ3n) is 8.79. The number of benzene rings is 4. The maximum Gasteiger partial charge on any atom is 0.239 e. The minimum Gasteiger partial charge on any atom is -0.497 e. The van der Waals surface area contributed by atoms with Crippen molar-refractivity contribution in [2.75, 3.05) is 12.0 Å². The Morgan fingerprint density at radius 3 is 2.08 bits per heavy atom. The molecule has 0 N–H and O–H groups in total. The summed E-state index contributed by atoms with van der Waals surface area (Å²) in [5.74, 6) is -0.972. The molecule has 0 unspecified atom stereocenters. The van der Waals surface area contributed by atoms with Gasteiger partial charge in [-0.3, -0.25) is 14.6 Å². The van der Waals surface area contributed by atoms with E-state index in [1.807, 2.05) is 48.7 Å². The van der Waals surface area contributed by atoms with Gasteiger partial charge in [-0.05, 0) is 64.6 Å². The molecule has 8 rings (SSSR count). The van der Waals surface area contributed by atoms with Gasteiger partial charge in [0.2, 0.25) is 11.8 Å². The second-order valence-corrected chi connectivity index (χ2v) is 10.5. The van der Waals surface area contributed by atoms with Gasteiger partial charge in [0.05, 0.1) is 35.7 Å². The van der Waals surface area contributed by atoms with Crippen LogP contribution in [-0.2, 0) is 21.4 Å². The molecule has 0 aromatic heterocycles. The van der Waals surface area contributed by atoms with Crippen LogP contribution in [0.1, 0.15) is 40.7 Å². The second kappa shape index (κ2) is 8.77. The minimum absolute atomic E-state index is 0.157. The molecule has 2 atom stereocenters. The first kappa shape index (κ1) is 23.6. The molecule has 3 aliphatic carbocycles. The van der Waals surface area contributed by atoms with Crippen LogP contribution in [0.5, 0.6) is 5.75 Å². The second-order valence-electron chi connectivity index (χ2n) is 10.5. The lowest BCUT2D eigenvalue weighted by Crippen LogP contribution is -2.54. The number of rotatable bonds is 5. The van der Waals surface area contributed by atoms with Crippen molar-refractivity contribution in [1.82, 2.24) is 0 Å². The lowest BCUT2D eigenvalue weighted by Gasteiger charge is -2.52. The molecule has 4 aromatic carbocycles. The van der Waals surface area contributed by atoms with E-state index in [0.717, 1.165) is 39.9 Å². The lowest BCUT2D eigenvalue weighted by atomic mass is 9.47. The van der Waals surface area contributed by atoms with Gasteiger partial charge in [-0.2, -0.15) is 0 Å². The van der Waals surface area contributed by atoms with Gasteiger partial charge in [0, 0.05) is 12.1 Å². The maximum atomic E-state index is 14.5. The molecule has 4 aliphatic rings. The van der Waals surface area contributed by atoms with Crippen molar-refractivity contribution < 1.29 is 14.3 Å². The summed E-state index contributed by atoms with van der Waals surface area (Å²) in [6, 6.07) is 31.8. The van der Waals surface area contributed by atoms with Crippen molar-refractivity contribution in [3.63, 3.8) is 0 Å². The number of anilines is 1. The molecule has 0 saturated carbocycles. The molecule has 5 nitrogen and oxygen atoms in total. The standard InChI is InChI=1S/C34H28N2O3/c1-3-21-10-4-9-15-28(21)35-20-34-26-13-7-5-11-24(26)29(25-12-6-8-14-27(25)34)30-31(34)33(38)36(32(30)37)22-16-18-23(39-2)19-17-22/h4-20,29-31H,3H2,1-2H3/t29?,30-,31+,34?/m1/s1. The molecule has 1 fully saturated rings. The molecular formula is C34H28N2O3.